The summed E-state index contributed by atoms with van der Waals surface area (Å²) in [6, 6.07) is 0. The molecule has 2 heterocycles. The first-order chi connectivity index (χ1) is 12.3. The van der Waals surface area contributed by atoms with E-state index in [0.29, 0.717) is 25.2 Å². The number of nitroso groups, excluding NO2 is 1. The molecule has 2 N–H and O–H groups in total. The standard InChI is InChI=1S/C15H20ClN7O3/c1-15(2,3)26-14(24)17-5-4-6-23-9-10(7-19-23)20-12-11(22-25)8-18-13(16)21-12/h7-9H,4-6H2,1-3H3,(H,17,24)(H,18,20,21). The van der Waals surface area contributed by atoms with Crippen molar-refractivity contribution < 1.29 is 9.53 Å². The number of rotatable bonds is 7. The highest BCUT2D eigenvalue weighted by Crippen LogP contribution is 2.25. The second-order valence-electron chi connectivity index (χ2n) is 6.36. The molecule has 0 atom stereocenters. The summed E-state index contributed by atoms with van der Waals surface area (Å²) in [5.74, 6) is 0.200. The summed E-state index contributed by atoms with van der Waals surface area (Å²) in [6.45, 7) is 6.46. The zero-order chi connectivity index (χ0) is 19.2. The van der Waals surface area contributed by atoms with Gasteiger partial charge in [0.05, 0.1) is 18.1 Å². The number of alkyl carbamates (subject to hydrolysis) is 1. The molecular weight excluding hydrogens is 362 g/mol. The number of hydrogen-bond donors (Lipinski definition) is 2. The smallest absolute Gasteiger partial charge is 0.407 e. The maximum Gasteiger partial charge on any atom is 0.407 e. The van der Waals surface area contributed by atoms with Gasteiger partial charge in [-0.2, -0.15) is 10.1 Å². The van der Waals surface area contributed by atoms with E-state index in [1.807, 2.05) is 0 Å². The van der Waals surface area contributed by atoms with E-state index in [1.165, 1.54) is 6.20 Å². The third-order valence-corrected chi connectivity index (χ3v) is 3.15. The van der Waals surface area contributed by atoms with E-state index in [1.54, 1.807) is 37.8 Å². The second-order valence-corrected chi connectivity index (χ2v) is 6.70. The highest BCUT2D eigenvalue weighted by molar-refractivity contribution is 6.28. The lowest BCUT2D eigenvalue weighted by Crippen LogP contribution is -2.33. The first-order valence-electron chi connectivity index (χ1n) is 7.89. The van der Waals surface area contributed by atoms with Crippen LogP contribution in [-0.2, 0) is 11.3 Å². The van der Waals surface area contributed by atoms with E-state index < -0.39 is 11.7 Å². The SMILES string of the molecule is CC(C)(C)OC(=O)NCCCn1cc(Nc2nc(Cl)ncc2N=O)cn1. The number of ether oxygens (including phenoxy) is 1. The highest BCUT2D eigenvalue weighted by Gasteiger charge is 2.15. The average molecular weight is 382 g/mol. The van der Waals surface area contributed by atoms with Crippen molar-refractivity contribution in [2.45, 2.75) is 39.3 Å². The van der Waals surface area contributed by atoms with Crippen LogP contribution in [0.3, 0.4) is 0 Å². The number of halogens is 1. The third kappa shape index (κ3) is 6.28. The molecule has 2 rings (SSSR count). The summed E-state index contributed by atoms with van der Waals surface area (Å²) < 4.78 is 6.84. The molecule has 26 heavy (non-hydrogen) atoms. The van der Waals surface area contributed by atoms with Gasteiger partial charge >= 0.3 is 6.09 Å². The van der Waals surface area contributed by atoms with Crippen LogP contribution in [-0.4, -0.2) is 38.0 Å². The van der Waals surface area contributed by atoms with Crippen molar-refractivity contribution in [2.75, 3.05) is 11.9 Å². The van der Waals surface area contributed by atoms with Crippen molar-refractivity contribution in [3.05, 3.63) is 28.8 Å². The fourth-order valence-corrected chi connectivity index (χ4v) is 2.08. The van der Waals surface area contributed by atoms with Gasteiger partial charge < -0.3 is 15.4 Å². The van der Waals surface area contributed by atoms with Gasteiger partial charge in [-0.05, 0) is 44.0 Å². The highest BCUT2D eigenvalue weighted by atomic mass is 35.5. The molecule has 1 amide bonds. The minimum atomic E-state index is -0.522. The van der Waals surface area contributed by atoms with Gasteiger partial charge in [0.2, 0.25) is 5.28 Å². The Kier molecular flexibility index (Phi) is 6.45. The first kappa shape index (κ1) is 19.6. The molecule has 0 fully saturated rings. The third-order valence-electron chi connectivity index (χ3n) is 2.97. The molecular formula is C15H20ClN7O3. The molecule has 0 aliphatic heterocycles. The average Bonchev–Trinajstić information content (AvgIpc) is 2.97. The Labute approximate surface area is 155 Å². The van der Waals surface area contributed by atoms with E-state index in [-0.39, 0.29) is 16.8 Å². The second kappa shape index (κ2) is 8.56. The molecule has 0 aliphatic rings. The van der Waals surface area contributed by atoms with Crippen LogP contribution in [0.15, 0.2) is 23.8 Å². The van der Waals surface area contributed by atoms with E-state index in [9.17, 15) is 9.70 Å². The number of anilines is 2. The maximum atomic E-state index is 11.5. The number of nitrogens with zero attached hydrogens (tertiary/aromatic N) is 5. The predicted octanol–water partition coefficient (Wildman–Crippen LogP) is 3.38. The van der Waals surface area contributed by atoms with E-state index >= 15 is 0 Å². The number of nitrogens with one attached hydrogen (secondary N) is 2. The lowest BCUT2D eigenvalue weighted by molar-refractivity contribution is 0.0526. The zero-order valence-electron chi connectivity index (χ0n) is 14.7. The molecule has 0 aromatic carbocycles. The molecule has 0 saturated carbocycles. The Hall–Kier alpha value is -2.75. The van der Waals surface area contributed by atoms with Crippen LogP contribution in [0.1, 0.15) is 27.2 Å². The zero-order valence-corrected chi connectivity index (χ0v) is 15.4. The van der Waals surface area contributed by atoms with Gasteiger partial charge in [0.15, 0.2) is 11.5 Å². The van der Waals surface area contributed by atoms with Crippen LogP contribution in [0.25, 0.3) is 0 Å². The van der Waals surface area contributed by atoms with Crippen molar-refractivity contribution in [3.63, 3.8) is 0 Å². The fourth-order valence-electron chi connectivity index (χ4n) is 1.95. The molecule has 10 nitrogen and oxygen atoms in total. The Morgan fingerprint density at radius 3 is 2.85 bits per heavy atom. The number of aryl methyl sites for hydroxylation is 1. The van der Waals surface area contributed by atoms with Crippen molar-refractivity contribution in [1.82, 2.24) is 25.1 Å². The fraction of sp³-hybridized carbons (Fsp3) is 0.467. The Bertz CT molecular complexity index is 773. The quantitative estimate of drug-likeness (QED) is 0.428. The molecule has 0 unspecified atom stereocenters. The number of carbonyl (C=O) groups excluding carboxylic acids is 1. The van der Waals surface area contributed by atoms with Crippen LogP contribution >= 0.6 is 11.6 Å². The van der Waals surface area contributed by atoms with E-state index in [4.69, 9.17) is 16.3 Å². The summed E-state index contributed by atoms with van der Waals surface area (Å²) in [6.07, 6.45) is 4.76. The Morgan fingerprint density at radius 2 is 2.15 bits per heavy atom. The minimum absolute atomic E-state index is 0.000471. The molecule has 2 aromatic rings. The molecule has 0 saturated heterocycles. The molecule has 11 heteroatoms. The monoisotopic (exact) mass is 381 g/mol. The Morgan fingerprint density at radius 1 is 1.38 bits per heavy atom. The van der Waals surface area contributed by atoms with Gasteiger partial charge in [0, 0.05) is 19.3 Å². The maximum absolute atomic E-state index is 11.5. The van der Waals surface area contributed by atoms with Crippen LogP contribution < -0.4 is 10.6 Å². The van der Waals surface area contributed by atoms with Crippen molar-refractivity contribution >= 4 is 34.9 Å². The summed E-state index contributed by atoms with van der Waals surface area (Å²) in [5.41, 5.74) is 0.139. The van der Waals surface area contributed by atoms with Crippen LogP contribution in [0.2, 0.25) is 5.28 Å². The topological polar surface area (TPSA) is 123 Å². The lowest BCUT2D eigenvalue weighted by atomic mass is 10.2. The van der Waals surface area contributed by atoms with Gasteiger partial charge in [-0.3, -0.25) is 4.68 Å². The molecule has 0 spiro atoms. The summed E-state index contributed by atoms with van der Waals surface area (Å²) in [7, 11) is 0. The predicted molar refractivity (Wildman–Crippen MR) is 96.9 cm³/mol. The van der Waals surface area contributed by atoms with Crippen LogP contribution in [0, 0.1) is 4.91 Å². The minimum Gasteiger partial charge on any atom is -0.444 e. The molecule has 0 aliphatic carbocycles. The molecule has 0 bridgehead atoms. The van der Waals surface area contributed by atoms with E-state index in [0.717, 1.165) is 0 Å². The van der Waals surface area contributed by atoms with Gasteiger partial charge in [-0.25, -0.2) is 9.78 Å². The van der Waals surface area contributed by atoms with E-state index in [2.05, 4.69) is 30.9 Å². The Balaban J connectivity index is 1.82. The first-order valence-corrected chi connectivity index (χ1v) is 8.27. The largest absolute Gasteiger partial charge is 0.444 e. The van der Waals surface area contributed by atoms with Crippen LogP contribution in [0.5, 0.6) is 0 Å². The van der Waals surface area contributed by atoms with Gasteiger partial charge in [-0.1, -0.05) is 0 Å². The number of aromatic nitrogens is 4. The number of hydrogen-bond acceptors (Lipinski definition) is 8. The summed E-state index contributed by atoms with van der Waals surface area (Å²) in [4.78, 5) is 29.9. The number of amides is 1. The molecule has 2 aromatic heterocycles. The van der Waals surface area contributed by atoms with Crippen molar-refractivity contribution in [3.8, 4) is 0 Å². The summed E-state index contributed by atoms with van der Waals surface area (Å²) in [5, 5.41) is 12.6. The molecule has 140 valence electrons. The number of carbonyl (C=O) groups is 1. The summed E-state index contributed by atoms with van der Waals surface area (Å²) >= 11 is 5.72. The normalized spacial score (nSPS) is 11.1. The van der Waals surface area contributed by atoms with Crippen LogP contribution in [0.4, 0.5) is 22.0 Å². The van der Waals surface area contributed by atoms with Crippen molar-refractivity contribution in [2.24, 2.45) is 5.18 Å². The van der Waals surface area contributed by atoms with Gasteiger partial charge in [-0.15, -0.1) is 4.91 Å². The molecule has 0 radical (unpaired) electrons. The van der Waals surface area contributed by atoms with Gasteiger partial charge in [0.25, 0.3) is 0 Å². The van der Waals surface area contributed by atoms with Crippen molar-refractivity contribution in [1.29, 1.82) is 0 Å². The lowest BCUT2D eigenvalue weighted by Gasteiger charge is -2.19. The van der Waals surface area contributed by atoms with Gasteiger partial charge in [0.1, 0.15) is 5.60 Å².